The predicted molar refractivity (Wildman–Crippen MR) is 186 cm³/mol. The number of fused-ring (bicyclic) bond motifs is 2. The van der Waals surface area contributed by atoms with E-state index in [1.165, 1.54) is 6.92 Å². The summed E-state index contributed by atoms with van der Waals surface area (Å²) in [6, 6.07) is 0. The van der Waals surface area contributed by atoms with Gasteiger partial charge in [0.1, 0.15) is 23.9 Å². The Hall–Kier alpha value is -1.16. The molecule has 0 aromatic carbocycles. The van der Waals surface area contributed by atoms with Gasteiger partial charge in [-0.2, -0.15) is 0 Å². The van der Waals surface area contributed by atoms with Crippen molar-refractivity contribution >= 4 is 20.3 Å². The summed E-state index contributed by atoms with van der Waals surface area (Å²) in [6.07, 6.45) is 0.797. The molecule has 3 aliphatic rings. The molecular formula is C36H66O12Si. The Balaban J connectivity index is 1.93. The standard InChI is InChI=1S/C36H66O12Si/c1-23-15-16-26-19-27(45-33-32(41-10)31(40-9)30(39-8)24(2)44-33)20-36(42-11,46-26)22-29(38)47-35(7,17-14-18-43-25(3)37)21-28(23)48-49(12,13)34(4,5)6/h23-24,26-28,30-33H,14-22H2,1-13H3/t23-,24-,26-,27+,28-,30-,31+,32+,33-,35-,36-/m0/s1. The molecule has 0 aliphatic carbocycles. The summed E-state index contributed by atoms with van der Waals surface area (Å²) < 4.78 is 61.7. The number of esters is 2. The van der Waals surface area contributed by atoms with Crippen molar-refractivity contribution in [1.82, 2.24) is 0 Å². The fourth-order valence-corrected chi connectivity index (χ4v) is 8.62. The van der Waals surface area contributed by atoms with Gasteiger partial charge in [-0.3, -0.25) is 9.59 Å². The SMILES string of the molecule is CO[C@@H]1[C@@H](OC)[C@H](C)O[C@@H](O[C@@H]2C[C@@H]3CC[C@H](C)[C@@H](O[Si](C)(C)C(C)(C)C)C[C@](C)(CCCOC(C)=O)OC(=O)C[C@](OC)(C2)O3)[C@@H]1OC. The van der Waals surface area contributed by atoms with Gasteiger partial charge in [0.2, 0.25) is 0 Å². The highest BCUT2D eigenvalue weighted by Crippen LogP contribution is 2.43. The van der Waals surface area contributed by atoms with Crippen molar-refractivity contribution in [1.29, 1.82) is 0 Å². The van der Waals surface area contributed by atoms with Gasteiger partial charge in [-0.05, 0) is 63.6 Å². The quantitative estimate of drug-likeness (QED) is 0.135. The zero-order valence-corrected chi connectivity index (χ0v) is 33.5. The summed E-state index contributed by atoms with van der Waals surface area (Å²) >= 11 is 0. The first kappa shape index (κ1) is 42.3. The Morgan fingerprint density at radius 1 is 0.980 bits per heavy atom. The molecule has 3 saturated heterocycles. The summed E-state index contributed by atoms with van der Waals surface area (Å²) in [7, 11) is 4.22. The van der Waals surface area contributed by atoms with Crippen LogP contribution in [0.2, 0.25) is 18.1 Å². The van der Waals surface area contributed by atoms with Crippen LogP contribution in [0.3, 0.4) is 0 Å². The van der Waals surface area contributed by atoms with Crippen molar-refractivity contribution in [2.24, 2.45) is 5.92 Å². The van der Waals surface area contributed by atoms with Crippen molar-refractivity contribution in [3.05, 3.63) is 0 Å². The van der Waals surface area contributed by atoms with Gasteiger partial charge in [0.25, 0.3) is 0 Å². The summed E-state index contributed by atoms with van der Waals surface area (Å²) in [5.41, 5.74) is -0.874. The van der Waals surface area contributed by atoms with Crippen molar-refractivity contribution < 1.29 is 56.6 Å². The number of carbonyl (C=O) groups excluding carboxylic acids is 2. The maximum atomic E-state index is 13.9. The van der Waals surface area contributed by atoms with Gasteiger partial charge in [0.15, 0.2) is 20.4 Å². The van der Waals surface area contributed by atoms with Gasteiger partial charge in [-0.1, -0.05) is 27.7 Å². The van der Waals surface area contributed by atoms with E-state index in [9.17, 15) is 9.59 Å². The molecule has 3 rings (SSSR count). The monoisotopic (exact) mass is 718 g/mol. The first-order valence-corrected chi connectivity index (χ1v) is 20.9. The molecule has 3 aliphatic heterocycles. The molecule has 3 fully saturated rings. The Kier molecular flexibility index (Phi) is 15.2. The van der Waals surface area contributed by atoms with E-state index in [2.05, 4.69) is 40.8 Å². The zero-order valence-electron chi connectivity index (χ0n) is 32.5. The van der Waals surface area contributed by atoms with Crippen LogP contribution in [0, 0.1) is 5.92 Å². The van der Waals surface area contributed by atoms with Gasteiger partial charge < -0.3 is 47.1 Å². The maximum Gasteiger partial charge on any atom is 0.311 e. The lowest BCUT2D eigenvalue weighted by atomic mass is 9.84. The molecule has 0 N–H and O–H groups in total. The van der Waals surface area contributed by atoms with E-state index in [0.717, 1.165) is 12.8 Å². The third kappa shape index (κ3) is 11.2. The summed E-state index contributed by atoms with van der Waals surface area (Å²) in [4.78, 5) is 25.4. The molecule has 0 spiro atoms. The highest BCUT2D eigenvalue weighted by atomic mass is 28.4. The van der Waals surface area contributed by atoms with Gasteiger partial charge in [-0.25, -0.2) is 0 Å². The van der Waals surface area contributed by atoms with Crippen LogP contribution in [0.4, 0.5) is 0 Å². The van der Waals surface area contributed by atoms with Crippen LogP contribution in [0.25, 0.3) is 0 Å². The number of carbonyl (C=O) groups is 2. The molecule has 49 heavy (non-hydrogen) atoms. The number of rotatable bonds is 12. The minimum Gasteiger partial charge on any atom is -0.466 e. The average molecular weight is 719 g/mol. The molecule has 2 bridgehead atoms. The van der Waals surface area contributed by atoms with E-state index in [0.29, 0.717) is 32.1 Å². The molecule has 0 saturated carbocycles. The van der Waals surface area contributed by atoms with Crippen LogP contribution in [0.5, 0.6) is 0 Å². The topological polar surface area (TPSA) is 126 Å². The number of hydrogen-bond donors (Lipinski definition) is 0. The van der Waals surface area contributed by atoms with Crippen LogP contribution in [-0.2, 0) is 56.6 Å². The maximum absolute atomic E-state index is 13.9. The van der Waals surface area contributed by atoms with Gasteiger partial charge in [-0.15, -0.1) is 0 Å². The first-order chi connectivity index (χ1) is 22.8. The van der Waals surface area contributed by atoms with Crippen LogP contribution in [-0.4, -0.2) is 116 Å². The van der Waals surface area contributed by atoms with E-state index in [4.69, 9.17) is 47.1 Å². The highest BCUT2D eigenvalue weighted by Gasteiger charge is 2.51. The van der Waals surface area contributed by atoms with Crippen molar-refractivity contribution in [3.63, 3.8) is 0 Å². The molecule has 13 heteroatoms. The lowest BCUT2D eigenvalue weighted by Gasteiger charge is -2.48. The van der Waals surface area contributed by atoms with Crippen LogP contribution < -0.4 is 0 Å². The lowest BCUT2D eigenvalue weighted by Crippen LogP contribution is -2.60. The Morgan fingerprint density at radius 2 is 1.63 bits per heavy atom. The van der Waals surface area contributed by atoms with E-state index in [1.54, 1.807) is 28.4 Å². The Bertz CT molecular complexity index is 1070. The summed E-state index contributed by atoms with van der Waals surface area (Å²) in [5, 5.41) is -0.00222. The minimum atomic E-state index is -2.19. The van der Waals surface area contributed by atoms with Crippen molar-refractivity contribution in [2.45, 2.75) is 178 Å². The van der Waals surface area contributed by atoms with Crippen molar-refractivity contribution in [3.8, 4) is 0 Å². The molecule has 0 amide bonds. The van der Waals surface area contributed by atoms with Gasteiger partial charge in [0.05, 0.1) is 37.4 Å². The first-order valence-electron chi connectivity index (χ1n) is 18.0. The second kappa shape index (κ2) is 17.6. The predicted octanol–water partition coefficient (Wildman–Crippen LogP) is 5.93. The third-order valence-corrected chi connectivity index (χ3v) is 15.6. The van der Waals surface area contributed by atoms with Gasteiger partial charge in [0, 0.05) is 54.6 Å². The van der Waals surface area contributed by atoms with Crippen LogP contribution >= 0.6 is 0 Å². The second-order valence-electron chi connectivity index (χ2n) is 16.1. The molecule has 0 unspecified atom stereocenters. The number of methoxy groups -OCH3 is 4. The minimum absolute atomic E-state index is 0.00222. The van der Waals surface area contributed by atoms with Crippen molar-refractivity contribution in [2.75, 3.05) is 35.0 Å². The number of cyclic esters (lactones) is 1. The number of hydrogen-bond acceptors (Lipinski definition) is 12. The summed E-state index contributed by atoms with van der Waals surface area (Å²) in [5.74, 6) is -1.90. The number of ether oxygens (including phenoxy) is 9. The van der Waals surface area contributed by atoms with E-state index >= 15 is 0 Å². The molecule has 3 heterocycles. The molecule has 286 valence electrons. The van der Waals surface area contributed by atoms with E-state index in [1.807, 2.05) is 13.8 Å². The van der Waals surface area contributed by atoms with Crippen LogP contribution in [0.15, 0.2) is 0 Å². The second-order valence-corrected chi connectivity index (χ2v) is 20.8. The molecule has 11 atom stereocenters. The molecule has 0 aromatic heterocycles. The lowest BCUT2D eigenvalue weighted by molar-refractivity contribution is -0.342. The third-order valence-electron chi connectivity index (χ3n) is 11.1. The smallest absolute Gasteiger partial charge is 0.311 e. The highest BCUT2D eigenvalue weighted by molar-refractivity contribution is 6.74. The fourth-order valence-electron chi connectivity index (χ4n) is 7.20. The van der Waals surface area contributed by atoms with E-state index < -0.39 is 44.2 Å². The molecule has 0 radical (unpaired) electrons. The van der Waals surface area contributed by atoms with Gasteiger partial charge >= 0.3 is 11.9 Å². The summed E-state index contributed by atoms with van der Waals surface area (Å²) in [6.45, 7) is 18.9. The molecule has 12 nitrogen and oxygen atoms in total. The average Bonchev–Trinajstić information content (AvgIpc) is 2.99. The Morgan fingerprint density at radius 3 is 2.20 bits per heavy atom. The molecule has 0 aromatic rings. The zero-order chi connectivity index (χ0) is 36.8. The Labute approximate surface area is 295 Å². The fraction of sp³-hybridized carbons (Fsp3) is 0.944. The largest absolute Gasteiger partial charge is 0.466 e. The van der Waals surface area contributed by atoms with E-state index in [-0.39, 0.29) is 60.5 Å². The van der Waals surface area contributed by atoms with Crippen LogP contribution in [0.1, 0.15) is 99.8 Å². The normalized spacial score (nSPS) is 38.2. The molecular weight excluding hydrogens is 652 g/mol.